The van der Waals surface area contributed by atoms with Crippen molar-refractivity contribution in [1.29, 1.82) is 0 Å². The van der Waals surface area contributed by atoms with Gasteiger partial charge >= 0.3 is 0 Å². The van der Waals surface area contributed by atoms with Gasteiger partial charge in [-0.2, -0.15) is 0 Å². The van der Waals surface area contributed by atoms with Crippen LogP contribution in [0.25, 0.3) is 0 Å². The van der Waals surface area contributed by atoms with E-state index in [-0.39, 0.29) is 5.41 Å². The van der Waals surface area contributed by atoms with Crippen molar-refractivity contribution in [2.75, 3.05) is 18.9 Å². The quantitative estimate of drug-likeness (QED) is 0.665. The SMILES string of the molecule is CC1(c2cccc(N)c2)CCOC1. The van der Waals surface area contributed by atoms with E-state index in [1.807, 2.05) is 12.1 Å². The second-order valence-corrected chi connectivity index (χ2v) is 3.99. The van der Waals surface area contributed by atoms with Crippen molar-refractivity contribution in [1.82, 2.24) is 0 Å². The minimum absolute atomic E-state index is 0.176. The molecule has 0 spiro atoms. The van der Waals surface area contributed by atoms with Crippen LogP contribution in [0.3, 0.4) is 0 Å². The average Bonchev–Trinajstić information content (AvgIpc) is 2.54. The number of hydrogen-bond donors (Lipinski definition) is 1. The van der Waals surface area contributed by atoms with Crippen LogP contribution in [0.2, 0.25) is 0 Å². The summed E-state index contributed by atoms with van der Waals surface area (Å²) in [5.74, 6) is 0. The van der Waals surface area contributed by atoms with Crippen molar-refractivity contribution >= 4 is 5.69 Å². The Balaban J connectivity index is 2.33. The Labute approximate surface area is 78.7 Å². The van der Waals surface area contributed by atoms with Crippen LogP contribution in [-0.4, -0.2) is 13.2 Å². The fraction of sp³-hybridized carbons (Fsp3) is 0.455. The lowest BCUT2D eigenvalue weighted by Crippen LogP contribution is -2.21. The third-order valence-corrected chi connectivity index (χ3v) is 2.80. The highest BCUT2D eigenvalue weighted by molar-refractivity contribution is 5.43. The van der Waals surface area contributed by atoms with Crippen LogP contribution in [0.1, 0.15) is 18.9 Å². The van der Waals surface area contributed by atoms with E-state index in [0.717, 1.165) is 25.3 Å². The van der Waals surface area contributed by atoms with Gasteiger partial charge in [0, 0.05) is 17.7 Å². The highest BCUT2D eigenvalue weighted by Crippen LogP contribution is 2.33. The number of nitrogen functional groups attached to an aromatic ring is 1. The molecule has 70 valence electrons. The summed E-state index contributed by atoms with van der Waals surface area (Å²) >= 11 is 0. The minimum atomic E-state index is 0.176. The summed E-state index contributed by atoms with van der Waals surface area (Å²) in [6.45, 7) is 3.91. The van der Waals surface area contributed by atoms with Crippen molar-refractivity contribution in [3.05, 3.63) is 29.8 Å². The third-order valence-electron chi connectivity index (χ3n) is 2.80. The number of nitrogens with two attached hydrogens (primary N) is 1. The Morgan fingerprint density at radius 2 is 2.31 bits per heavy atom. The van der Waals surface area contributed by atoms with Crippen LogP contribution in [-0.2, 0) is 10.2 Å². The molecule has 2 rings (SSSR count). The number of anilines is 1. The smallest absolute Gasteiger partial charge is 0.0561 e. The Morgan fingerprint density at radius 3 is 2.92 bits per heavy atom. The molecule has 1 heterocycles. The first-order chi connectivity index (χ1) is 6.21. The Kier molecular flexibility index (Phi) is 2.00. The lowest BCUT2D eigenvalue weighted by Gasteiger charge is -2.22. The molecule has 1 atom stereocenters. The summed E-state index contributed by atoms with van der Waals surface area (Å²) < 4.78 is 5.41. The van der Waals surface area contributed by atoms with E-state index in [4.69, 9.17) is 10.5 Å². The zero-order valence-corrected chi connectivity index (χ0v) is 7.92. The molecule has 1 aliphatic heterocycles. The predicted octanol–water partition coefficient (Wildman–Crippen LogP) is 1.95. The normalized spacial score (nSPS) is 27.8. The first-order valence-corrected chi connectivity index (χ1v) is 4.64. The molecule has 0 bridgehead atoms. The van der Waals surface area contributed by atoms with Gasteiger partial charge in [-0.3, -0.25) is 0 Å². The second kappa shape index (κ2) is 3.04. The van der Waals surface area contributed by atoms with Gasteiger partial charge < -0.3 is 10.5 Å². The molecule has 0 aromatic heterocycles. The molecule has 0 aliphatic carbocycles. The van der Waals surface area contributed by atoms with Gasteiger partial charge in [0.2, 0.25) is 0 Å². The lowest BCUT2D eigenvalue weighted by atomic mass is 9.82. The standard InChI is InChI=1S/C11H15NO/c1-11(5-6-13-8-11)9-3-2-4-10(12)7-9/h2-4,7H,5-6,8,12H2,1H3. The van der Waals surface area contributed by atoms with Gasteiger partial charge in [0.1, 0.15) is 0 Å². The third kappa shape index (κ3) is 1.54. The predicted molar refractivity (Wildman–Crippen MR) is 53.6 cm³/mol. The maximum absolute atomic E-state index is 5.74. The Morgan fingerprint density at radius 1 is 1.46 bits per heavy atom. The second-order valence-electron chi connectivity index (χ2n) is 3.99. The molecule has 0 amide bonds. The molecule has 2 nitrogen and oxygen atoms in total. The van der Waals surface area contributed by atoms with Crippen molar-refractivity contribution in [3.63, 3.8) is 0 Å². The topological polar surface area (TPSA) is 35.2 Å². The molecule has 1 unspecified atom stereocenters. The molecule has 1 aromatic rings. The molecule has 1 aliphatic rings. The lowest BCUT2D eigenvalue weighted by molar-refractivity contribution is 0.181. The van der Waals surface area contributed by atoms with Crippen LogP contribution < -0.4 is 5.73 Å². The fourth-order valence-electron chi connectivity index (χ4n) is 1.81. The van der Waals surface area contributed by atoms with Crippen LogP contribution in [0.5, 0.6) is 0 Å². The van der Waals surface area contributed by atoms with Crippen LogP contribution in [0.15, 0.2) is 24.3 Å². The summed E-state index contributed by atoms with van der Waals surface area (Å²) in [6, 6.07) is 8.11. The van der Waals surface area contributed by atoms with Gasteiger partial charge in [0.25, 0.3) is 0 Å². The Hall–Kier alpha value is -1.02. The number of benzene rings is 1. The van der Waals surface area contributed by atoms with E-state index < -0.39 is 0 Å². The van der Waals surface area contributed by atoms with Gasteiger partial charge in [0.05, 0.1) is 6.61 Å². The molecular weight excluding hydrogens is 162 g/mol. The van der Waals surface area contributed by atoms with Crippen LogP contribution in [0, 0.1) is 0 Å². The van der Waals surface area contributed by atoms with E-state index >= 15 is 0 Å². The van der Waals surface area contributed by atoms with E-state index in [1.165, 1.54) is 5.56 Å². The number of hydrogen-bond acceptors (Lipinski definition) is 2. The van der Waals surface area contributed by atoms with E-state index in [9.17, 15) is 0 Å². The molecule has 0 saturated carbocycles. The van der Waals surface area contributed by atoms with Crippen molar-refractivity contribution in [2.45, 2.75) is 18.8 Å². The van der Waals surface area contributed by atoms with Crippen molar-refractivity contribution < 1.29 is 4.74 Å². The molecule has 13 heavy (non-hydrogen) atoms. The monoisotopic (exact) mass is 177 g/mol. The maximum atomic E-state index is 5.74. The summed E-state index contributed by atoms with van der Waals surface area (Å²) in [5, 5.41) is 0. The molecular formula is C11H15NO. The van der Waals surface area contributed by atoms with Gasteiger partial charge in [0.15, 0.2) is 0 Å². The molecule has 1 aromatic carbocycles. The number of ether oxygens (including phenoxy) is 1. The minimum Gasteiger partial charge on any atom is -0.399 e. The van der Waals surface area contributed by atoms with Gasteiger partial charge in [-0.15, -0.1) is 0 Å². The van der Waals surface area contributed by atoms with Crippen LogP contribution in [0.4, 0.5) is 5.69 Å². The molecule has 1 saturated heterocycles. The van der Waals surface area contributed by atoms with Gasteiger partial charge in [-0.05, 0) is 24.1 Å². The fourth-order valence-corrected chi connectivity index (χ4v) is 1.81. The van der Waals surface area contributed by atoms with Gasteiger partial charge in [-0.25, -0.2) is 0 Å². The summed E-state index contributed by atoms with van der Waals surface area (Å²) in [7, 11) is 0. The van der Waals surface area contributed by atoms with Crippen molar-refractivity contribution in [3.8, 4) is 0 Å². The molecule has 2 N–H and O–H groups in total. The molecule has 1 fully saturated rings. The Bertz CT molecular complexity index is 303. The highest BCUT2D eigenvalue weighted by Gasteiger charge is 2.31. The number of rotatable bonds is 1. The van der Waals surface area contributed by atoms with E-state index in [2.05, 4.69) is 19.1 Å². The van der Waals surface area contributed by atoms with E-state index in [1.54, 1.807) is 0 Å². The first-order valence-electron chi connectivity index (χ1n) is 4.64. The molecule has 0 radical (unpaired) electrons. The zero-order valence-electron chi connectivity index (χ0n) is 7.92. The van der Waals surface area contributed by atoms with Crippen LogP contribution >= 0.6 is 0 Å². The summed E-state index contributed by atoms with van der Waals surface area (Å²) in [6.07, 6.45) is 1.09. The first kappa shape index (κ1) is 8.57. The molecule has 2 heteroatoms. The zero-order chi connectivity index (χ0) is 9.31. The van der Waals surface area contributed by atoms with Gasteiger partial charge in [-0.1, -0.05) is 19.1 Å². The maximum Gasteiger partial charge on any atom is 0.0561 e. The van der Waals surface area contributed by atoms with E-state index in [0.29, 0.717) is 0 Å². The van der Waals surface area contributed by atoms with Crippen molar-refractivity contribution in [2.24, 2.45) is 0 Å². The summed E-state index contributed by atoms with van der Waals surface area (Å²) in [5.41, 5.74) is 8.06. The average molecular weight is 177 g/mol. The summed E-state index contributed by atoms with van der Waals surface area (Å²) in [4.78, 5) is 0. The highest BCUT2D eigenvalue weighted by atomic mass is 16.5. The largest absolute Gasteiger partial charge is 0.399 e.